The number of para-hydroxylation sites is 3. The van der Waals surface area contributed by atoms with Crippen LogP contribution in [-0.4, -0.2) is 38.4 Å². The summed E-state index contributed by atoms with van der Waals surface area (Å²) in [6.45, 7) is 25.9. The van der Waals surface area contributed by atoms with E-state index in [1.165, 1.54) is 41.6 Å². The first-order chi connectivity index (χ1) is 27.3. The van der Waals surface area contributed by atoms with Gasteiger partial charge in [0.15, 0.2) is 0 Å². The number of nitrogens with two attached hydrogens (primary N) is 1. The highest BCUT2D eigenvalue weighted by molar-refractivity contribution is 9.09. The van der Waals surface area contributed by atoms with Gasteiger partial charge in [0.05, 0.1) is 13.5 Å². The minimum atomic E-state index is -0.173. The number of esters is 1. The SMILES string of the molecule is C=CC.CC(C)C.CC(C)C.CCC.CCCBr.COC(=O)CCn1ccc2ccccc21.NNC(=O)CCn1ccc2ccccc21.c1ccc2[nH]ccc2c1. The Kier molecular flexibility index (Phi) is 34.2. The molecule has 0 aliphatic rings. The average molecular weight is 849 g/mol. The quantitative estimate of drug-likeness (QED) is 0.0371. The summed E-state index contributed by atoms with van der Waals surface area (Å²) in [5, 5.41) is 4.79. The molecule has 0 unspecified atom stereocenters. The molecule has 0 saturated carbocycles. The predicted octanol–water partition coefficient (Wildman–Crippen LogP) is 13.1. The molecule has 0 aliphatic carbocycles. The Bertz CT molecular complexity index is 1720. The van der Waals surface area contributed by atoms with Crippen LogP contribution in [0.4, 0.5) is 0 Å². The van der Waals surface area contributed by atoms with Crippen LogP contribution in [0.15, 0.2) is 122 Å². The van der Waals surface area contributed by atoms with Crippen LogP contribution in [0.1, 0.15) is 94.9 Å². The largest absolute Gasteiger partial charge is 0.469 e. The van der Waals surface area contributed by atoms with Gasteiger partial charge in [0, 0.05) is 60.0 Å². The van der Waals surface area contributed by atoms with Crippen LogP contribution in [0.5, 0.6) is 0 Å². The van der Waals surface area contributed by atoms with E-state index >= 15 is 0 Å². The maximum absolute atomic E-state index is 11.0. The maximum atomic E-state index is 11.0. The van der Waals surface area contributed by atoms with Crippen molar-refractivity contribution in [1.29, 1.82) is 0 Å². The van der Waals surface area contributed by atoms with Gasteiger partial charge in [-0.1, -0.05) is 145 Å². The molecule has 57 heavy (non-hydrogen) atoms. The van der Waals surface area contributed by atoms with Crippen LogP contribution in [0, 0.1) is 11.8 Å². The highest BCUT2D eigenvalue weighted by Crippen LogP contribution is 2.16. The molecule has 8 nitrogen and oxygen atoms in total. The zero-order valence-electron chi connectivity index (χ0n) is 36.9. The number of hydrogen-bond acceptors (Lipinski definition) is 4. The molecule has 6 aromatic rings. The number of benzene rings is 3. The molecule has 316 valence electrons. The first-order valence-corrected chi connectivity index (χ1v) is 21.2. The summed E-state index contributed by atoms with van der Waals surface area (Å²) in [7, 11) is 1.41. The molecule has 0 bridgehead atoms. The van der Waals surface area contributed by atoms with E-state index in [0.29, 0.717) is 25.9 Å². The number of hydrazine groups is 1. The molecule has 4 N–H and O–H groups in total. The fourth-order valence-electron chi connectivity index (χ4n) is 4.27. The van der Waals surface area contributed by atoms with Crippen molar-refractivity contribution in [3.63, 3.8) is 0 Å². The number of aromatic amines is 1. The molecular weight excluding hydrogens is 774 g/mol. The van der Waals surface area contributed by atoms with Crippen LogP contribution in [0.2, 0.25) is 0 Å². The molecule has 0 atom stereocenters. The number of nitrogens with one attached hydrogen (secondary N) is 2. The smallest absolute Gasteiger partial charge is 0.307 e. The van der Waals surface area contributed by atoms with Crippen molar-refractivity contribution in [1.82, 2.24) is 19.5 Å². The van der Waals surface area contributed by atoms with Gasteiger partial charge in [-0.05, 0) is 77.7 Å². The fourth-order valence-corrected chi connectivity index (χ4v) is 4.27. The molecule has 0 spiro atoms. The van der Waals surface area contributed by atoms with Gasteiger partial charge in [0.1, 0.15) is 0 Å². The van der Waals surface area contributed by atoms with E-state index in [0.717, 1.165) is 28.2 Å². The lowest BCUT2D eigenvalue weighted by molar-refractivity contribution is -0.140. The number of H-pyrrole nitrogens is 1. The number of alkyl halides is 1. The zero-order valence-corrected chi connectivity index (χ0v) is 38.4. The van der Waals surface area contributed by atoms with Crippen molar-refractivity contribution >= 4 is 60.5 Å². The molecule has 0 saturated heterocycles. The Hall–Kier alpha value is -4.60. The van der Waals surface area contributed by atoms with E-state index in [-0.39, 0.29) is 11.9 Å². The van der Waals surface area contributed by atoms with Gasteiger partial charge in [-0.2, -0.15) is 0 Å². The number of fused-ring (bicyclic) bond motifs is 3. The minimum Gasteiger partial charge on any atom is -0.469 e. The highest BCUT2D eigenvalue weighted by atomic mass is 79.9. The number of rotatable bonds is 7. The van der Waals surface area contributed by atoms with Crippen LogP contribution in [0.25, 0.3) is 32.7 Å². The van der Waals surface area contributed by atoms with Gasteiger partial charge in [0.25, 0.3) is 0 Å². The number of carbonyl (C=O) groups excluding carboxylic acids is 2. The van der Waals surface area contributed by atoms with Gasteiger partial charge in [0.2, 0.25) is 5.91 Å². The van der Waals surface area contributed by atoms with E-state index in [9.17, 15) is 9.59 Å². The second-order valence-corrected chi connectivity index (χ2v) is 14.9. The van der Waals surface area contributed by atoms with Gasteiger partial charge in [-0.25, -0.2) is 5.84 Å². The molecule has 6 rings (SSSR count). The van der Waals surface area contributed by atoms with Crippen LogP contribution >= 0.6 is 15.9 Å². The number of ether oxygens (including phenoxy) is 1. The van der Waals surface area contributed by atoms with Gasteiger partial charge in [-0.3, -0.25) is 15.0 Å². The topological polar surface area (TPSA) is 107 Å². The molecule has 3 heterocycles. The van der Waals surface area contributed by atoms with E-state index in [1.807, 2.05) is 90.7 Å². The second-order valence-electron chi connectivity index (χ2n) is 14.1. The Morgan fingerprint density at radius 2 is 1.14 bits per heavy atom. The molecule has 0 fully saturated rings. The van der Waals surface area contributed by atoms with E-state index in [2.05, 4.69) is 135 Å². The van der Waals surface area contributed by atoms with Crippen molar-refractivity contribution in [3.8, 4) is 0 Å². The predicted molar refractivity (Wildman–Crippen MR) is 253 cm³/mol. The van der Waals surface area contributed by atoms with E-state index in [4.69, 9.17) is 5.84 Å². The first-order valence-electron chi connectivity index (χ1n) is 20.1. The summed E-state index contributed by atoms with van der Waals surface area (Å²) in [6, 6.07) is 30.6. The Morgan fingerprint density at radius 1 is 0.754 bits per heavy atom. The third-order valence-electron chi connectivity index (χ3n) is 6.54. The summed E-state index contributed by atoms with van der Waals surface area (Å²) in [5.74, 6) is 6.36. The lowest BCUT2D eigenvalue weighted by Crippen LogP contribution is -2.30. The fraction of sp³-hybridized carbons (Fsp3) is 0.417. The van der Waals surface area contributed by atoms with Crippen molar-refractivity contribution in [3.05, 3.63) is 122 Å². The molecule has 1 amide bonds. The number of aryl methyl sites for hydroxylation is 2. The average Bonchev–Trinajstić information content (AvgIpc) is 3.96. The Morgan fingerprint density at radius 3 is 1.53 bits per heavy atom. The summed E-state index contributed by atoms with van der Waals surface area (Å²) < 4.78 is 8.72. The molecule has 3 aromatic heterocycles. The molecule has 0 aliphatic heterocycles. The highest BCUT2D eigenvalue weighted by Gasteiger charge is 2.04. The number of aromatic nitrogens is 3. The second kappa shape index (κ2) is 35.8. The number of methoxy groups -OCH3 is 1. The normalized spacial score (nSPS) is 9.46. The van der Waals surface area contributed by atoms with Crippen molar-refractivity contribution < 1.29 is 14.3 Å². The van der Waals surface area contributed by atoms with E-state index < -0.39 is 0 Å². The number of halogens is 1. The lowest BCUT2D eigenvalue weighted by Gasteiger charge is -2.04. The zero-order chi connectivity index (χ0) is 43.4. The van der Waals surface area contributed by atoms with Gasteiger partial charge >= 0.3 is 5.97 Å². The minimum absolute atomic E-state index is 0.146. The van der Waals surface area contributed by atoms with Crippen LogP contribution in [-0.2, 0) is 27.4 Å². The monoisotopic (exact) mass is 847 g/mol. The molecular formula is C48H74BrN5O3. The third kappa shape index (κ3) is 27.6. The van der Waals surface area contributed by atoms with Crippen molar-refractivity contribution in [2.24, 2.45) is 17.7 Å². The van der Waals surface area contributed by atoms with Crippen LogP contribution < -0.4 is 11.3 Å². The number of carbonyl (C=O) groups is 2. The maximum Gasteiger partial charge on any atom is 0.307 e. The van der Waals surface area contributed by atoms with Crippen molar-refractivity contribution in [2.45, 2.75) is 108 Å². The van der Waals surface area contributed by atoms with Crippen molar-refractivity contribution in [2.75, 3.05) is 12.4 Å². The molecule has 3 aromatic carbocycles. The lowest BCUT2D eigenvalue weighted by atomic mass is 10.2. The van der Waals surface area contributed by atoms with E-state index in [1.54, 1.807) is 6.08 Å². The Labute approximate surface area is 353 Å². The summed E-state index contributed by atoms with van der Waals surface area (Å²) in [5.41, 5.74) is 5.62. The first kappa shape index (κ1) is 54.5. The molecule has 9 heteroatoms. The summed E-state index contributed by atoms with van der Waals surface area (Å²) in [4.78, 5) is 25.1. The summed E-state index contributed by atoms with van der Waals surface area (Å²) >= 11 is 3.25. The number of allylic oxidation sites excluding steroid dienone is 1. The Balaban J connectivity index is 0. The standard InChI is InChI=1S/C12H13NO2.C11H13N3O.C8H7N.2C4H10.C3H7Br.C3H8.C3H6/c1-15-12(14)7-9-13-8-6-10-4-2-3-5-11(10)13;12-13-11(15)6-8-14-7-5-9-3-1-2-4-10(9)14;1-2-4-8-7(3-1)5-6-9-8;2*1-4(2)3;1-2-3-4;2*1-3-2/h2-6,8H,7,9H2,1H3;1-5,7H,6,8,12H2,(H,13,15);1-6,9H;2*4H,1-3H3;2-3H2,1H3;3H2,1-2H3;3H,1H2,2H3. The molecule has 0 radical (unpaired) electrons. The summed E-state index contributed by atoms with van der Waals surface area (Å²) in [6.07, 6.45) is 11.0. The number of nitrogens with zero attached hydrogens (tertiary/aromatic N) is 2. The van der Waals surface area contributed by atoms with Gasteiger partial charge in [-0.15, -0.1) is 6.58 Å². The van der Waals surface area contributed by atoms with Crippen LogP contribution in [0.3, 0.4) is 0 Å². The van der Waals surface area contributed by atoms with Gasteiger partial charge < -0.3 is 18.9 Å². The number of hydrogen-bond donors (Lipinski definition) is 3. The third-order valence-corrected chi connectivity index (χ3v) is 7.33. The number of amides is 1.